The lowest BCUT2D eigenvalue weighted by Crippen LogP contribution is -2.44. The topological polar surface area (TPSA) is 53.8 Å². The lowest BCUT2D eigenvalue weighted by atomic mass is 10.1. The maximum Gasteiger partial charge on any atom is 0.255 e. The predicted octanol–water partition coefficient (Wildman–Crippen LogP) is 5.51. The van der Waals surface area contributed by atoms with Crippen LogP contribution in [0.5, 0.6) is 0 Å². The fourth-order valence-corrected chi connectivity index (χ4v) is 3.82. The Bertz CT molecular complexity index is 1040. The Labute approximate surface area is 196 Å². The van der Waals surface area contributed by atoms with Crippen LogP contribution in [0.25, 0.3) is 0 Å². The zero-order valence-electron chi connectivity index (χ0n) is 18.1. The van der Waals surface area contributed by atoms with E-state index in [9.17, 15) is 14.0 Å². The van der Waals surface area contributed by atoms with Gasteiger partial charge in [-0.25, -0.2) is 4.39 Å². The van der Waals surface area contributed by atoms with Crippen LogP contribution in [0.3, 0.4) is 0 Å². The number of carbonyl (C=O) groups is 2. The second-order valence-electron chi connectivity index (χ2n) is 8.01. The fraction of sp³-hybridized carbons (Fsp3) is 0.280. The molecule has 0 radical (unpaired) electrons. The summed E-state index contributed by atoms with van der Waals surface area (Å²) < 4.78 is 19.4. The Hall–Kier alpha value is -2.93. The van der Waals surface area contributed by atoms with Crippen LogP contribution in [0.4, 0.5) is 4.39 Å². The van der Waals surface area contributed by atoms with E-state index < -0.39 is 0 Å². The molecule has 1 heterocycles. The third-order valence-corrected chi connectivity index (χ3v) is 5.56. The van der Waals surface area contributed by atoms with Gasteiger partial charge in [-0.2, -0.15) is 0 Å². The van der Waals surface area contributed by atoms with Crippen molar-refractivity contribution in [3.63, 3.8) is 0 Å². The zero-order valence-corrected chi connectivity index (χ0v) is 19.7. The number of hydrogen-bond donors (Lipinski definition) is 0. The first-order chi connectivity index (χ1) is 15.3. The smallest absolute Gasteiger partial charge is 0.255 e. The molecule has 0 bridgehead atoms. The van der Waals surface area contributed by atoms with E-state index in [1.165, 1.54) is 12.1 Å². The molecule has 0 saturated heterocycles. The molecule has 1 aromatic heterocycles. The molecule has 5 nitrogen and oxygen atoms in total. The second kappa shape index (κ2) is 11.1. The van der Waals surface area contributed by atoms with E-state index in [2.05, 4.69) is 15.9 Å². The molecule has 0 fully saturated rings. The van der Waals surface area contributed by atoms with Gasteiger partial charge >= 0.3 is 0 Å². The molecule has 0 aliphatic rings. The van der Waals surface area contributed by atoms with Crippen molar-refractivity contribution in [1.82, 2.24) is 9.80 Å². The van der Waals surface area contributed by atoms with Gasteiger partial charge in [0.1, 0.15) is 18.1 Å². The van der Waals surface area contributed by atoms with E-state index in [0.29, 0.717) is 22.3 Å². The van der Waals surface area contributed by atoms with Gasteiger partial charge in [-0.15, -0.1) is 0 Å². The standard InChI is InChI=1S/C25H26BrFN2O3/c1-18(2)14-29(25(31)22-7-3-4-8-23(22)26)17-24(30)28(16-21-6-5-13-32-21)15-19-9-11-20(27)12-10-19/h3-13,18H,14-17H2,1-2H3. The van der Waals surface area contributed by atoms with Crippen molar-refractivity contribution in [2.75, 3.05) is 13.1 Å². The highest BCUT2D eigenvalue weighted by atomic mass is 79.9. The van der Waals surface area contributed by atoms with Gasteiger partial charge in [0.25, 0.3) is 5.91 Å². The molecule has 7 heteroatoms. The normalized spacial score (nSPS) is 10.9. The number of halogens is 2. The van der Waals surface area contributed by atoms with Gasteiger partial charge < -0.3 is 14.2 Å². The number of nitrogens with zero attached hydrogens (tertiary/aromatic N) is 2. The number of carbonyl (C=O) groups excluding carboxylic acids is 2. The Morgan fingerprint density at radius 1 is 0.969 bits per heavy atom. The minimum Gasteiger partial charge on any atom is -0.467 e. The zero-order chi connectivity index (χ0) is 23.1. The molecule has 32 heavy (non-hydrogen) atoms. The maximum atomic E-state index is 13.4. The van der Waals surface area contributed by atoms with Gasteiger partial charge in [0.2, 0.25) is 5.91 Å². The maximum absolute atomic E-state index is 13.4. The molecule has 168 valence electrons. The predicted molar refractivity (Wildman–Crippen MR) is 124 cm³/mol. The molecule has 3 aromatic rings. The number of furan rings is 1. The van der Waals surface area contributed by atoms with Crippen molar-refractivity contribution in [2.24, 2.45) is 5.92 Å². The first-order valence-electron chi connectivity index (χ1n) is 10.4. The summed E-state index contributed by atoms with van der Waals surface area (Å²) in [6.45, 7) is 4.91. The molecule has 0 atom stereocenters. The summed E-state index contributed by atoms with van der Waals surface area (Å²) in [6.07, 6.45) is 1.55. The lowest BCUT2D eigenvalue weighted by molar-refractivity contribution is -0.133. The molecule has 2 aromatic carbocycles. The number of benzene rings is 2. The largest absolute Gasteiger partial charge is 0.467 e. The van der Waals surface area contributed by atoms with Crippen LogP contribution < -0.4 is 0 Å². The Morgan fingerprint density at radius 2 is 1.69 bits per heavy atom. The summed E-state index contributed by atoms with van der Waals surface area (Å²) in [5.41, 5.74) is 1.30. The molecular weight excluding hydrogens is 475 g/mol. The summed E-state index contributed by atoms with van der Waals surface area (Å²) in [5, 5.41) is 0. The Balaban J connectivity index is 1.82. The van der Waals surface area contributed by atoms with Gasteiger partial charge in [0, 0.05) is 17.6 Å². The van der Waals surface area contributed by atoms with Crippen LogP contribution in [0.2, 0.25) is 0 Å². The van der Waals surface area contributed by atoms with Crippen LogP contribution in [-0.4, -0.2) is 34.7 Å². The van der Waals surface area contributed by atoms with Crippen LogP contribution >= 0.6 is 15.9 Å². The second-order valence-corrected chi connectivity index (χ2v) is 8.87. The number of amides is 2. The fourth-order valence-electron chi connectivity index (χ4n) is 3.36. The van der Waals surface area contributed by atoms with Gasteiger partial charge in [0.15, 0.2) is 0 Å². The van der Waals surface area contributed by atoms with Gasteiger partial charge in [0.05, 0.1) is 18.4 Å². The highest BCUT2D eigenvalue weighted by Gasteiger charge is 2.25. The van der Waals surface area contributed by atoms with E-state index in [1.807, 2.05) is 19.9 Å². The van der Waals surface area contributed by atoms with Crippen molar-refractivity contribution < 1.29 is 18.4 Å². The average molecular weight is 501 g/mol. The lowest BCUT2D eigenvalue weighted by Gasteiger charge is -2.29. The summed E-state index contributed by atoms with van der Waals surface area (Å²) >= 11 is 3.43. The van der Waals surface area contributed by atoms with Gasteiger partial charge in [-0.1, -0.05) is 38.1 Å². The SMILES string of the molecule is CC(C)CN(CC(=O)N(Cc1ccc(F)cc1)Cc1ccco1)C(=O)c1ccccc1Br. The van der Waals surface area contributed by atoms with Gasteiger partial charge in [-0.05, 0) is 63.8 Å². The quantitative estimate of drug-likeness (QED) is 0.389. The molecular formula is C25H26BrFN2O3. The van der Waals surface area contributed by atoms with E-state index in [1.54, 1.807) is 58.5 Å². The first-order valence-corrected chi connectivity index (χ1v) is 11.2. The van der Waals surface area contributed by atoms with Crippen LogP contribution in [-0.2, 0) is 17.9 Å². The third-order valence-electron chi connectivity index (χ3n) is 4.87. The van der Waals surface area contributed by atoms with Crippen molar-refractivity contribution in [2.45, 2.75) is 26.9 Å². The minimum absolute atomic E-state index is 0.0692. The van der Waals surface area contributed by atoms with Crippen LogP contribution in [0.1, 0.15) is 35.5 Å². The number of hydrogen-bond acceptors (Lipinski definition) is 3. The molecule has 0 saturated carbocycles. The molecule has 0 unspecified atom stereocenters. The molecule has 0 aliphatic carbocycles. The van der Waals surface area contributed by atoms with Gasteiger partial charge in [-0.3, -0.25) is 9.59 Å². The Kier molecular flexibility index (Phi) is 8.22. The summed E-state index contributed by atoms with van der Waals surface area (Å²) in [6, 6.07) is 16.8. The van der Waals surface area contributed by atoms with Crippen LogP contribution in [0.15, 0.2) is 75.8 Å². The molecule has 0 aliphatic heterocycles. The van der Waals surface area contributed by atoms with Crippen LogP contribution in [0, 0.1) is 11.7 Å². The molecule has 0 spiro atoms. The van der Waals surface area contributed by atoms with E-state index in [4.69, 9.17) is 4.42 Å². The summed E-state index contributed by atoms with van der Waals surface area (Å²) in [7, 11) is 0. The summed E-state index contributed by atoms with van der Waals surface area (Å²) in [5.74, 6) is 0.0590. The van der Waals surface area contributed by atoms with E-state index in [-0.39, 0.29) is 43.2 Å². The first kappa shape index (κ1) is 23.7. The van der Waals surface area contributed by atoms with E-state index in [0.717, 1.165) is 5.56 Å². The van der Waals surface area contributed by atoms with Crippen molar-refractivity contribution in [3.8, 4) is 0 Å². The molecule has 2 amide bonds. The summed E-state index contributed by atoms with van der Waals surface area (Å²) in [4.78, 5) is 29.8. The molecule has 0 N–H and O–H groups in total. The highest BCUT2D eigenvalue weighted by Crippen LogP contribution is 2.19. The Morgan fingerprint density at radius 3 is 2.31 bits per heavy atom. The van der Waals surface area contributed by atoms with Crippen molar-refractivity contribution >= 4 is 27.7 Å². The molecule has 3 rings (SSSR count). The highest BCUT2D eigenvalue weighted by molar-refractivity contribution is 9.10. The van der Waals surface area contributed by atoms with E-state index >= 15 is 0 Å². The minimum atomic E-state index is -0.334. The van der Waals surface area contributed by atoms with Crippen molar-refractivity contribution in [1.29, 1.82) is 0 Å². The number of rotatable bonds is 9. The average Bonchev–Trinajstić information content (AvgIpc) is 3.27. The third kappa shape index (κ3) is 6.53. The van der Waals surface area contributed by atoms with Crippen molar-refractivity contribution in [3.05, 3.63) is 94.1 Å². The monoisotopic (exact) mass is 500 g/mol.